The maximum Gasteiger partial charge on any atom is 0.435 e. The third-order valence-corrected chi connectivity index (χ3v) is 2.90. The molecule has 0 radical (unpaired) electrons. The molecular formula is C11H8ClF3N2. The molecule has 0 aliphatic carbocycles. The first kappa shape index (κ1) is 12.1. The predicted molar refractivity (Wildman–Crippen MR) is 59.0 cm³/mol. The molecule has 0 saturated carbocycles. The van der Waals surface area contributed by atoms with E-state index >= 15 is 0 Å². The Hall–Kier alpha value is -1.36. The van der Waals surface area contributed by atoms with Crippen LogP contribution in [-0.2, 0) is 6.18 Å². The molecule has 2 aromatic rings. The van der Waals surface area contributed by atoms with E-state index in [4.69, 9.17) is 11.6 Å². The molecule has 0 amide bonds. The number of aryl methyl sites for hydroxylation is 2. The van der Waals surface area contributed by atoms with Crippen LogP contribution in [0.4, 0.5) is 13.2 Å². The van der Waals surface area contributed by atoms with Crippen molar-refractivity contribution in [2.45, 2.75) is 20.0 Å². The topological polar surface area (TPSA) is 25.8 Å². The Kier molecular flexibility index (Phi) is 2.73. The number of aromatic nitrogens is 2. The van der Waals surface area contributed by atoms with Crippen molar-refractivity contribution in [3.8, 4) is 0 Å². The van der Waals surface area contributed by atoms with Crippen LogP contribution in [-0.4, -0.2) is 10.2 Å². The van der Waals surface area contributed by atoms with Gasteiger partial charge >= 0.3 is 6.18 Å². The minimum absolute atomic E-state index is 0.0133. The van der Waals surface area contributed by atoms with Gasteiger partial charge in [-0.25, -0.2) is 0 Å². The zero-order chi connectivity index (χ0) is 12.8. The van der Waals surface area contributed by atoms with Gasteiger partial charge in [0.25, 0.3) is 0 Å². The molecule has 0 fully saturated rings. The van der Waals surface area contributed by atoms with Gasteiger partial charge in [-0.15, -0.1) is 10.2 Å². The smallest absolute Gasteiger partial charge is 0.164 e. The van der Waals surface area contributed by atoms with Gasteiger partial charge in [-0.05, 0) is 37.1 Å². The van der Waals surface area contributed by atoms with E-state index in [0.717, 1.165) is 11.1 Å². The van der Waals surface area contributed by atoms with Crippen LogP contribution in [0.15, 0.2) is 12.1 Å². The first-order valence-electron chi connectivity index (χ1n) is 4.81. The molecule has 0 aliphatic rings. The highest BCUT2D eigenvalue weighted by molar-refractivity contribution is 6.34. The van der Waals surface area contributed by atoms with Gasteiger partial charge in [0.15, 0.2) is 10.8 Å². The Morgan fingerprint density at radius 3 is 2.06 bits per heavy atom. The van der Waals surface area contributed by atoms with Gasteiger partial charge in [-0.3, -0.25) is 0 Å². The van der Waals surface area contributed by atoms with Crippen molar-refractivity contribution in [2.75, 3.05) is 0 Å². The number of halogens is 4. The van der Waals surface area contributed by atoms with Crippen LogP contribution >= 0.6 is 11.6 Å². The summed E-state index contributed by atoms with van der Waals surface area (Å²) in [5, 5.41) is 6.73. The number of hydrogen-bond acceptors (Lipinski definition) is 2. The van der Waals surface area contributed by atoms with E-state index in [0.29, 0.717) is 0 Å². The van der Waals surface area contributed by atoms with Crippen molar-refractivity contribution in [1.29, 1.82) is 0 Å². The lowest BCUT2D eigenvalue weighted by molar-refractivity contribution is -0.140. The van der Waals surface area contributed by atoms with Crippen LogP contribution in [0.1, 0.15) is 16.8 Å². The van der Waals surface area contributed by atoms with E-state index < -0.39 is 11.9 Å². The molecule has 0 N–H and O–H groups in total. The summed E-state index contributed by atoms with van der Waals surface area (Å²) < 4.78 is 38.2. The van der Waals surface area contributed by atoms with Gasteiger partial charge in [-0.1, -0.05) is 11.6 Å². The van der Waals surface area contributed by atoms with Gasteiger partial charge in [0.2, 0.25) is 0 Å². The highest BCUT2D eigenvalue weighted by Gasteiger charge is 2.35. The lowest BCUT2D eigenvalue weighted by Crippen LogP contribution is -2.10. The van der Waals surface area contributed by atoms with Crippen molar-refractivity contribution in [3.63, 3.8) is 0 Å². The molecule has 6 heteroatoms. The SMILES string of the molecule is Cc1cc2c(Cl)nnc(C(F)(F)F)c2cc1C. The highest BCUT2D eigenvalue weighted by atomic mass is 35.5. The summed E-state index contributed by atoms with van der Waals surface area (Å²) in [4.78, 5) is 0. The Morgan fingerprint density at radius 2 is 1.53 bits per heavy atom. The van der Waals surface area contributed by atoms with Crippen LogP contribution in [0.2, 0.25) is 5.15 Å². The van der Waals surface area contributed by atoms with Gasteiger partial charge in [0, 0.05) is 10.8 Å². The van der Waals surface area contributed by atoms with Gasteiger partial charge in [-0.2, -0.15) is 13.2 Å². The van der Waals surface area contributed by atoms with E-state index in [1.165, 1.54) is 6.07 Å². The average molecular weight is 261 g/mol. The summed E-state index contributed by atoms with van der Waals surface area (Å²) in [5.41, 5.74) is 0.618. The maximum atomic E-state index is 12.7. The van der Waals surface area contributed by atoms with Crippen molar-refractivity contribution in [1.82, 2.24) is 10.2 Å². The standard InChI is InChI=1S/C11H8ClF3N2/c1-5-3-7-8(4-6(5)2)10(12)17-16-9(7)11(13,14)15/h3-4H,1-2H3. The summed E-state index contributed by atoms with van der Waals surface area (Å²) >= 11 is 5.76. The molecule has 1 aromatic heterocycles. The molecule has 90 valence electrons. The van der Waals surface area contributed by atoms with Gasteiger partial charge in [0.05, 0.1) is 0 Å². The normalized spacial score (nSPS) is 12.1. The summed E-state index contributed by atoms with van der Waals surface area (Å²) in [5.74, 6) is 0. The van der Waals surface area contributed by atoms with Crippen LogP contribution in [0, 0.1) is 13.8 Å². The minimum Gasteiger partial charge on any atom is -0.164 e. The Balaban J connectivity index is 2.90. The number of rotatable bonds is 0. The summed E-state index contributed by atoms with van der Waals surface area (Å²) in [7, 11) is 0. The minimum atomic E-state index is -4.53. The van der Waals surface area contributed by atoms with Crippen molar-refractivity contribution in [3.05, 3.63) is 34.1 Å². The van der Waals surface area contributed by atoms with Crippen molar-refractivity contribution < 1.29 is 13.2 Å². The Bertz CT molecular complexity index is 593. The number of alkyl halides is 3. The molecule has 0 spiro atoms. The molecule has 0 saturated heterocycles. The van der Waals surface area contributed by atoms with Gasteiger partial charge in [0.1, 0.15) is 0 Å². The molecule has 0 aliphatic heterocycles. The third-order valence-electron chi connectivity index (χ3n) is 2.62. The van der Waals surface area contributed by atoms with E-state index in [-0.39, 0.29) is 15.9 Å². The molecule has 0 bridgehead atoms. The second-order valence-electron chi connectivity index (χ2n) is 3.82. The monoisotopic (exact) mass is 260 g/mol. The first-order chi connectivity index (χ1) is 7.80. The zero-order valence-corrected chi connectivity index (χ0v) is 9.82. The fourth-order valence-corrected chi connectivity index (χ4v) is 1.79. The van der Waals surface area contributed by atoms with E-state index in [1.54, 1.807) is 19.9 Å². The molecule has 17 heavy (non-hydrogen) atoms. The van der Waals surface area contributed by atoms with Crippen LogP contribution in [0.25, 0.3) is 10.8 Å². The molecule has 2 nitrogen and oxygen atoms in total. The highest BCUT2D eigenvalue weighted by Crippen LogP contribution is 2.35. The second-order valence-corrected chi connectivity index (χ2v) is 4.18. The number of hydrogen-bond donors (Lipinski definition) is 0. The van der Waals surface area contributed by atoms with E-state index in [1.807, 2.05) is 0 Å². The lowest BCUT2D eigenvalue weighted by atomic mass is 10.0. The number of nitrogens with zero attached hydrogens (tertiary/aromatic N) is 2. The zero-order valence-electron chi connectivity index (χ0n) is 9.06. The average Bonchev–Trinajstić information content (AvgIpc) is 2.19. The van der Waals surface area contributed by atoms with Crippen LogP contribution < -0.4 is 0 Å². The number of benzene rings is 1. The molecule has 2 rings (SSSR count). The fourth-order valence-electron chi connectivity index (χ4n) is 1.59. The summed E-state index contributed by atoms with van der Waals surface area (Å²) in [6, 6.07) is 3.03. The number of fused-ring (bicyclic) bond motifs is 1. The molecule has 0 unspecified atom stereocenters. The Morgan fingerprint density at radius 1 is 1.00 bits per heavy atom. The van der Waals surface area contributed by atoms with Crippen molar-refractivity contribution in [2.24, 2.45) is 0 Å². The largest absolute Gasteiger partial charge is 0.435 e. The van der Waals surface area contributed by atoms with Crippen LogP contribution in [0.3, 0.4) is 0 Å². The van der Waals surface area contributed by atoms with Crippen molar-refractivity contribution >= 4 is 22.4 Å². The summed E-state index contributed by atoms with van der Waals surface area (Å²) in [6.07, 6.45) is -4.53. The maximum absolute atomic E-state index is 12.7. The molecule has 0 atom stereocenters. The fraction of sp³-hybridized carbons (Fsp3) is 0.273. The summed E-state index contributed by atoms with van der Waals surface area (Å²) in [6.45, 7) is 3.54. The van der Waals surface area contributed by atoms with Crippen LogP contribution in [0.5, 0.6) is 0 Å². The molecular weight excluding hydrogens is 253 g/mol. The van der Waals surface area contributed by atoms with E-state index in [2.05, 4.69) is 10.2 Å². The van der Waals surface area contributed by atoms with E-state index in [9.17, 15) is 13.2 Å². The van der Waals surface area contributed by atoms with Gasteiger partial charge < -0.3 is 0 Å². The molecule has 1 aromatic carbocycles. The molecule has 1 heterocycles. The predicted octanol–water partition coefficient (Wildman–Crippen LogP) is 3.92. The third kappa shape index (κ3) is 2.07. The first-order valence-corrected chi connectivity index (χ1v) is 5.19. The Labute approximate surface area is 100 Å². The lowest BCUT2D eigenvalue weighted by Gasteiger charge is -2.11. The second kappa shape index (κ2) is 3.84. The quantitative estimate of drug-likeness (QED) is 0.717.